The van der Waals surface area contributed by atoms with Crippen molar-refractivity contribution in [2.45, 2.75) is 61.4 Å². The first-order chi connectivity index (χ1) is 21.0. The highest BCUT2D eigenvalue weighted by atomic mass is 16.7. The first-order valence-electron chi connectivity index (χ1n) is 13.4. The summed E-state index contributed by atoms with van der Waals surface area (Å²) in [6.45, 7) is -1.39. The van der Waals surface area contributed by atoms with Gasteiger partial charge in [-0.15, -0.1) is 0 Å². The summed E-state index contributed by atoms with van der Waals surface area (Å²) in [5, 5.41) is 90.2. The maximum atomic E-state index is 13.8. The highest BCUT2D eigenvalue weighted by Crippen LogP contribution is 2.38. The van der Waals surface area contributed by atoms with Gasteiger partial charge in [0.1, 0.15) is 77.0 Å². The molecule has 44 heavy (non-hydrogen) atoms. The minimum absolute atomic E-state index is 0.0674. The number of hydrogen-bond donors (Lipinski definition) is 9. The van der Waals surface area contributed by atoms with Gasteiger partial charge in [-0.05, 0) is 24.3 Å². The summed E-state index contributed by atoms with van der Waals surface area (Å²) in [6.07, 6.45) is -16.0. The van der Waals surface area contributed by atoms with Crippen molar-refractivity contribution < 1.29 is 74.1 Å². The number of benzene rings is 2. The molecule has 5 rings (SSSR count). The summed E-state index contributed by atoms with van der Waals surface area (Å²) in [4.78, 5) is 13.8. The van der Waals surface area contributed by atoms with Crippen molar-refractivity contribution in [2.75, 3.05) is 20.3 Å². The van der Waals surface area contributed by atoms with Crippen LogP contribution in [0.5, 0.6) is 23.0 Å². The van der Waals surface area contributed by atoms with E-state index in [0.29, 0.717) is 0 Å². The van der Waals surface area contributed by atoms with Gasteiger partial charge in [-0.25, -0.2) is 0 Å². The number of phenolic OH excluding ortho intramolecular Hbond substituents is 1. The Balaban J connectivity index is 1.53. The summed E-state index contributed by atoms with van der Waals surface area (Å²) in [7, 11) is 1.26. The van der Waals surface area contributed by atoms with Gasteiger partial charge in [-0.3, -0.25) is 4.79 Å². The highest BCUT2D eigenvalue weighted by Gasteiger charge is 2.46. The number of methoxy groups -OCH3 is 1. The minimum Gasteiger partial charge on any atom is -0.508 e. The third-order valence-electron chi connectivity index (χ3n) is 7.42. The Morgan fingerprint density at radius 2 is 1.30 bits per heavy atom. The molecule has 10 atom stereocenters. The maximum absolute atomic E-state index is 13.8. The molecule has 2 aliphatic rings. The molecule has 3 heterocycles. The van der Waals surface area contributed by atoms with Crippen LogP contribution in [0.1, 0.15) is 0 Å². The predicted octanol–water partition coefficient (Wildman–Crippen LogP) is -2.47. The predicted molar refractivity (Wildman–Crippen MR) is 145 cm³/mol. The van der Waals surface area contributed by atoms with Crippen molar-refractivity contribution >= 4 is 11.0 Å². The van der Waals surface area contributed by atoms with Crippen LogP contribution in [0.25, 0.3) is 22.3 Å². The average Bonchev–Trinajstić information content (AvgIpc) is 3.02. The van der Waals surface area contributed by atoms with Gasteiger partial charge in [0.25, 0.3) is 0 Å². The van der Waals surface area contributed by atoms with E-state index in [1.807, 2.05) is 0 Å². The fourth-order valence-electron chi connectivity index (χ4n) is 4.98. The number of fused-ring (bicyclic) bond motifs is 1. The number of rotatable bonds is 8. The normalized spacial score (nSPS) is 32.4. The lowest BCUT2D eigenvalue weighted by Gasteiger charge is -2.39. The van der Waals surface area contributed by atoms with E-state index < -0.39 is 85.8 Å². The van der Waals surface area contributed by atoms with Crippen molar-refractivity contribution in [1.29, 1.82) is 0 Å². The second-order valence-corrected chi connectivity index (χ2v) is 10.3. The van der Waals surface area contributed by atoms with Crippen LogP contribution in [-0.4, -0.2) is 128 Å². The molecule has 9 N–H and O–H groups in total. The zero-order valence-electron chi connectivity index (χ0n) is 23.0. The Morgan fingerprint density at radius 3 is 1.82 bits per heavy atom. The van der Waals surface area contributed by atoms with Crippen molar-refractivity contribution in [2.24, 2.45) is 0 Å². The van der Waals surface area contributed by atoms with E-state index in [9.17, 15) is 50.8 Å². The van der Waals surface area contributed by atoms with Crippen LogP contribution >= 0.6 is 0 Å². The van der Waals surface area contributed by atoms with Crippen molar-refractivity contribution in [3.8, 4) is 34.3 Å². The van der Waals surface area contributed by atoms with Crippen LogP contribution in [0.3, 0.4) is 0 Å². The Bertz CT molecular complexity index is 1500. The van der Waals surface area contributed by atoms with Gasteiger partial charge in [-0.1, -0.05) is 0 Å². The van der Waals surface area contributed by atoms with E-state index in [1.54, 1.807) is 0 Å². The van der Waals surface area contributed by atoms with Gasteiger partial charge in [0.15, 0.2) is 5.76 Å². The fraction of sp³-hybridized carbons (Fsp3) is 0.464. The molecule has 0 amide bonds. The van der Waals surface area contributed by atoms with Gasteiger partial charge in [-0.2, -0.15) is 0 Å². The van der Waals surface area contributed by atoms with Crippen LogP contribution in [0.2, 0.25) is 0 Å². The number of aliphatic hydroxyl groups excluding tert-OH is 8. The van der Waals surface area contributed by atoms with Gasteiger partial charge in [0.05, 0.1) is 20.3 Å². The molecule has 2 aliphatic heterocycles. The molecular formula is C28H32O16. The van der Waals surface area contributed by atoms with E-state index in [4.69, 9.17) is 28.1 Å². The van der Waals surface area contributed by atoms with Crippen molar-refractivity contribution in [1.82, 2.24) is 0 Å². The third-order valence-corrected chi connectivity index (χ3v) is 7.42. The lowest BCUT2D eigenvalue weighted by molar-refractivity contribution is -0.277. The van der Waals surface area contributed by atoms with Crippen LogP contribution in [0, 0.1) is 0 Å². The first kappa shape index (κ1) is 31.9. The molecule has 6 unspecified atom stereocenters. The maximum Gasteiger partial charge on any atom is 0.239 e. The second kappa shape index (κ2) is 12.8. The van der Waals surface area contributed by atoms with Gasteiger partial charge < -0.3 is 74.1 Å². The molecule has 2 fully saturated rings. The molecule has 0 saturated carbocycles. The molecule has 0 spiro atoms. The van der Waals surface area contributed by atoms with E-state index >= 15 is 0 Å². The van der Waals surface area contributed by atoms with Crippen molar-refractivity contribution in [3.63, 3.8) is 0 Å². The summed E-state index contributed by atoms with van der Waals surface area (Å²) in [5.41, 5.74) is -0.742. The monoisotopic (exact) mass is 624 g/mol. The minimum atomic E-state index is -1.85. The zero-order chi connectivity index (χ0) is 31.9. The average molecular weight is 625 g/mol. The van der Waals surface area contributed by atoms with E-state index in [2.05, 4.69) is 0 Å². The summed E-state index contributed by atoms with van der Waals surface area (Å²) in [6, 6.07) is 7.90. The third kappa shape index (κ3) is 5.80. The SMILES string of the molecule is COc1cc(O)cc2oc(-c3ccc(O[C@@H]4OC(CO)[C@@H](O)C(O)C4O)cc3)c(O[C@@H]3OC(CO)[C@H](O)C(O)C3O)c(=O)c12. The molecule has 1 aromatic heterocycles. The second-order valence-electron chi connectivity index (χ2n) is 10.3. The number of aliphatic hydroxyl groups is 8. The largest absolute Gasteiger partial charge is 0.508 e. The number of ether oxygens (including phenoxy) is 5. The zero-order valence-corrected chi connectivity index (χ0v) is 23.0. The molecule has 16 nitrogen and oxygen atoms in total. The molecule has 16 heteroatoms. The Hall–Kier alpha value is -3.55. The molecule has 2 saturated heterocycles. The number of phenols is 1. The van der Waals surface area contributed by atoms with Gasteiger partial charge >= 0.3 is 0 Å². The van der Waals surface area contributed by atoms with E-state index in [0.717, 1.165) is 6.07 Å². The first-order valence-corrected chi connectivity index (χ1v) is 13.4. The topological polar surface area (TPSA) is 258 Å². The molecular weight excluding hydrogens is 592 g/mol. The molecule has 0 bridgehead atoms. The molecule has 0 aliphatic carbocycles. The van der Waals surface area contributed by atoms with Crippen LogP contribution in [0.4, 0.5) is 0 Å². The quantitative estimate of drug-likeness (QED) is 0.126. The van der Waals surface area contributed by atoms with Crippen LogP contribution < -0.4 is 19.6 Å². The molecule has 3 aromatic rings. The van der Waals surface area contributed by atoms with Gasteiger partial charge in [0.2, 0.25) is 23.8 Å². The van der Waals surface area contributed by atoms with Crippen LogP contribution in [-0.2, 0) is 9.47 Å². The standard InChI is InChI=1S/C28H32O16/c1-39-13-6-11(31)7-14-17(13)20(34)26(44-28-24(38)22(36)19(33)16(9-30)43-28)25(41-14)10-2-4-12(5-3-10)40-27-23(37)21(35)18(32)15(8-29)42-27/h2-7,15-16,18-19,21-24,27-33,35-38H,8-9H2,1H3/t15?,16?,18-,19+,21?,22?,23?,24?,27-,28+/m1/s1. The highest BCUT2D eigenvalue weighted by molar-refractivity contribution is 5.88. The van der Waals surface area contributed by atoms with Crippen molar-refractivity contribution in [3.05, 3.63) is 46.6 Å². The Morgan fingerprint density at radius 1 is 0.750 bits per heavy atom. The summed E-state index contributed by atoms with van der Waals surface area (Å²) in [5.74, 6) is -1.01. The Labute approximate surface area is 248 Å². The number of hydrogen-bond acceptors (Lipinski definition) is 16. The van der Waals surface area contributed by atoms with Crippen LogP contribution in [0.15, 0.2) is 45.6 Å². The lowest BCUT2D eigenvalue weighted by atomic mass is 9.99. The number of aromatic hydroxyl groups is 1. The fourth-order valence-corrected chi connectivity index (χ4v) is 4.98. The Kier molecular flexibility index (Phi) is 9.28. The van der Waals surface area contributed by atoms with E-state index in [-0.39, 0.29) is 39.5 Å². The molecule has 0 radical (unpaired) electrons. The lowest BCUT2D eigenvalue weighted by Crippen LogP contribution is -2.60. The van der Waals surface area contributed by atoms with Gasteiger partial charge in [0, 0.05) is 17.7 Å². The smallest absolute Gasteiger partial charge is 0.239 e. The summed E-state index contributed by atoms with van der Waals surface area (Å²) < 4.78 is 33.3. The van der Waals surface area contributed by atoms with E-state index in [1.165, 1.54) is 37.4 Å². The molecule has 2 aromatic carbocycles. The summed E-state index contributed by atoms with van der Waals surface area (Å²) >= 11 is 0. The molecule has 240 valence electrons.